The lowest BCUT2D eigenvalue weighted by Gasteiger charge is -2.36. The highest BCUT2D eigenvalue weighted by Crippen LogP contribution is 2.27. The first-order valence-electron chi connectivity index (χ1n) is 8.16. The Hall–Kier alpha value is -0.610. The van der Waals surface area contributed by atoms with Crippen molar-refractivity contribution >= 4 is 5.91 Å². The molecule has 4 heteroatoms. The molecule has 2 N–H and O–H groups in total. The molecule has 0 radical (unpaired) electrons. The van der Waals surface area contributed by atoms with Gasteiger partial charge in [0.1, 0.15) is 0 Å². The number of carbonyl (C=O) groups excluding carboxylic acids is 1. The molecule has 2 fully saturated rings. The van der Waals surface area contributed by atoms with Gasteiger partial charge in [-0.3, -0.25) is 4.79 Å². The van der Waals surface area contributed by atoms with Gasteiger partial charge in [0.05, 0.1) is 6.10 Å². The molecule has 2 unspecified atom stereocenters. The number of nitrogens with zero attached hydrogens (tertiary/aromatic N) is 1. The van der Waals surface area contributed by atoms with Gasteiger partial charge in [-0.15, -0.1) is 0 Å². The van der Waals surface area contributed by atoms with Crippen LogP contribution < -0.4 is 5.73 Å². The van der Waals surface area contributed by atoms with Crippen molar-refractivity contribution < 1.29 is 9.53 Å². The summed E-state index contributed by atoms with van der Waals surface area (Å²) in [7, 11) is 1.75. The van der Waals surface area contributed by atoms with E-state index in [9.17, 15) is 4.79 Å². The number of methoxy groups -OCH3 is 1. The zero-order valence-electron chi connectivity index (χ0n) is 13.0. The van der Waals surface area contributed by atoms with Crippen LogP contribution in [0.2, 0.25) is 0 Å². The molecule has 0 spiro atoms. The molecule has 2 aliphatic rings. The van der Waals surface area contributed by atoms with E-state index in [1.165, 1.54) is 12.8 Å². The van der Waals surface area contributed by atoms with Gasteiger partial charge in [-0.25, -0.2) is 0 Å². The predicted octanol–water partition coefficient (Wildman–Crippen LogP) is 2.17. The molecule has 0 aromatic rings. The van der Waals surface area contributed by atoms with Gasteiger partial charge in [-0.2, -0.15) is 0 Å². The highest BCUT2D eigenvalue weighted by Gasteiger charge is 2.29. The number of amides is 1. The zero-order chi connectivity index (χ0) is 14.5. The van der Waals surface area contributed by atoms with Gasteiger partial charge in [-0.05, 0) is 50.4 Å². The van der Waals surface area contributed by atoms with Crippen molar-refractivity contribution in [1.29, 1.82) is 0 Å². The third kappa shape index (κ3) is 4.19. The Labute approximate surface area is 123 Å². The summed E-state index contributed by atoms with van der Waals surface area (Å²) in [5.74, 6) is 1.58. The molecule has 1 aliphatic heterocycles. The summed E-state index contributed by atoms with van der Waals surface area (Å²) in [5, 5.41) is 0. The fourth-order valence-electron chi connectivity index (χ4n) is 3.53. The molecule has 0 bridgehead atoms. The van der Waals surface area contributed by atoms with E-state index in [4.69, 9.17) is 10.5 Å². The third-order valence-electron chi connectivity index (χ3n) is 5.20. The molecule has 1 heterocycles. The maximum atomic E-state index is 12.3. The monoisotopic (exact) mass is 282 g/mol. The van der Waals surface area contributed by atoms with Crippen LogP contribution in [0.15, 0.2) is 0 Å². The quantitative estimate of drug-likeness (QED) is 0.859. The largest absolute Gasteiger partial charge is 0.379 e. The van der Waals surface area contributed by atoms with Crippen molar-refractivity contribution in [2.75, 3.05) is 20.2 Å². The molecule has 20 heavy (non-hydrogen) atoms. The number of hydrogen-bond donors (Lipinski definition) is 1. The SMILES string of the molecule is COC1CN(C(=O)CCC2CCC(N)CC2)CCC1C. The summed E-state index contributed by atoms with van der Waals surface area (Å²) in [5.41, 5.74) is 5.92. The van der Waals surface area contributed by atoms with Gasteiger partial charge in [-0.1, -0.05) is 6.92 Å². The first-order chi connectivity index (χ1) is 9.60. The normalized spacial score (nSPS) is 35.0. The van der Waals surface area contributed by atoms with Crippen LogP contribution in [0.25, 0.3) is 0 Å². The summed E-state index contributed by atoms with van der Waals surface area (Å²) in [6, 6.07) is 0.396. The predicted molar refractivity (Wildman–Crippen MR) is 80.3 cm³/mol. The minimum absolute atomic E-state index is 0.209. The van der Waals surface area contributed by atoms with E-state index in [-0.39, 0.29) is 6.10 Å². The number of hydrogen-bond acceptors (Lipinski definition) is 3. The second-order valence-electron chi connectivity index (χ2n) is 6.70. The summed E-state index contributed by atoms with van der Waals surface area (Å²) >= 11 is 0. The van der Waals surface area contributed by atoms with Crippen LogP contribution in [-0.2, 0) is 9.53 Å². The minimum atomic E-state index is 0.209. The third-order valence-corrected chi connectivity index (χ3v) is 5.20. The first kappa shape index (κ1) is 15.8. The molecule has 0 aromatic carbocycles. The Morgan fingerprint density at radius 1 is 1.25 bits per heavy atom. The maximum absolute atomic E-state index is 12.3. The van der Waals surface area contributed by atoms with Gasteiger partial charge in [0.15, 0.2) is 0 Å². The topological polar surface area (TPSA) is 55.6 Å². The number of rotatable bonds is 4. The molecule has 0 aromatic heterocycles. The Balaban J connectivity index is 1.72. The number of piperidine rings is 1. The van der Waals surface area contributed by atoms with E-state index in [1.54, 1.807) is 7.11 Å². The fraction of sp³-hybridized carbons (Fsp3) is 0.938. The Morgan fingerprint density at radius 2 is 1.95 bits per heavy atom. The molecule has 1 amide bonds. The smallest absolute Gasteiger partial charge is 0.222 e. The molecular formula is C16H30N2O2. The van der Waals surface area contributed by atoms with Gasteiger partial charge in [0, 0.05) is 32.7 Å². The van der Waals surface area contributed by atoms with Crippen LogP contribution in [-0.4, -0.2) is 43.2 Å². The van der Waals surface area contributed by atoms with E-state index in [2.05, 4.69) is 6.92 Å². The molecule has 1 aliphatic carbocycles. The lowest BCUT2D eigenvalue weighted by molar-refractivity contribution is -0.136. The highest BCUT2D eigenvalue weighted by molar-refractivity contribution is 5.76. The molecule has 2 atom stereocenters. The van der Waals surface area contributed by atoms with Crippen molar-refractivity contribution in [2.24, 2.45) is 17.6 Å². The van der Waals surface area contributed by atoms with Gasteiger partial charge >= 0.3 is 0 Å². The van der Waals surface area contributed by atoms with E-state index in [0.717, 1.165) is 38.8 Å². The zero-order valence-corrected chi connectivity index (χ0v) is 13.0. The second-order valence-corrected chi connectivity index (χ2v) is 6.70. The average Bonchev–Trinajstić information content (AvgIpc) is 2.47. The average molecular weight is 282 g/mol. The number of likely N-dealkylation sites (tertiary alicyclic amines) is 1. The fourth-order valence-corrected chi connectivity index (χ4v) is 3.53. The molecule has 116 valence electrons. The molecular weight excluding hydrogens is 252 g/mol. The maximum Gasteiger partial charge on any atom is 0.222 e. The van der Waals surface area contributed by atoms with Gasteiger partial charge in [0.25, 0.3) is 0 Å². The summed E-state index contributed by atoms with van der Waals surface area (Å²) in [4.78, 5) is 14.3. The number of nitrogens with two attached hydrogens (primary N) is 1. The Morgan fingerprint density at radius 3 is 2.60 bits per heavy atom. The second kappa shape index (κ2) is 7.41. The van der Waals surface area contributed by atoms with Gasteiger partial charge in [0.2, 0.25) is 5.91 Å². The number of ether oxygens (including phenoxy) is 1. The van der Waals surface area contributed by atoms with E-state index >= 15 is 0 Å². The summed E-state index contributed by atoms with van der Waals surface area (Å²) < 4.78 is 5.48. The minimum Gasteiger partial charge on any atom is -0.379 e. The van der Waals surface area contributed by atoms with Crippen LogP contribution in [0.4, 0.5) is 0 Å². The molecule has 2 rings (SSSR count). The first-order valence-corrected chi connectivity index (χ1v) is 8.16. The summed E-state index contributed by atoms with van der Waals surface area (Å²) in [6.45, 7) is 3.88. The lowest BCUT2D eigenvalue weighted by atomic mass is 9.83. The van der Waals surface area contributed by atoms with Crippen molar-refractivity contribution in [2.45, 2.75) is 64.0 Å². The number of carbonyl (C=O) groups is 1. The van der Waals surface area contributed by atoms with E-state index < -0.39 is 0 Å². The van der Waals surface area contributed by atoms with Crippen molar-refractivity contribution in [1.82, 2.24) is 4.90 Å². The Kier molecular flexibility index (Phi) is 5.85. The van der Waals surface area contributed by atoms with Crippen molar-refractivity contribution in [3.8, 4) is 0 Å². The molecule has 1 saturated carbocycles. The van der Waals surface area contributed by atoms with Crippen LogP contribution in [0.1, 0.15) is 51.9 Å². The molecule has 4 nitrogen and oxygen atoms in total. The van der Waals surface area contributed by atoms with Crippen molar-refractivity contribution in [3.63, 3.8) is 0 Å². The van der Waals surface area contributed by atoms with E-state index in [1.807, 2.05) is 4.90 Å². The van der Waals surface area contributed by atoms with Crippen molar-refractivity contribution in [3.05, 3.63) is 0 Å². The van der Waals surface area contributed by atoms with Crippen LogP contribution in [0.5, 0.6) is 0 Å². The van der Waals surface area contributed by atoms with Crippen LogP contribution in [0.3, 0.4) is 0 Å². The highest BCUT2D eigenvalue weighted by atomic mass is 16.5. The summed E-state index contributed by atoms with van der Waals surface area (Å²) in [6.07, 6.45) is 7.67. The lowest BCUT2D eigenvalue weighted by Crippen LogP contribution is -2.46. The Bertz CT molecular complexity index is 314. The van der Waals surface area contributed by atoms with Gasteiger partial charge < -0.3 is 15.4 Å². The standard InChI is InChI=1S/C16H30N2O2/c1-12-9-10-18(11-15(12)20-2)16(19)8-5-13-3-6-14(17)7-4-13/h12-15H,3-11,17H2,1-2H3. The van der Waals surface area contributed by atoms with Crippen LogP contribution >= 0.6 is 0 Å². The van der Waals surface area contributed by atoms with E-state index in [0.29, 0.717) is 30.2 Å². The molecule has 1 saturated heterocycles. The van der Waals surface area contributed by atoms with Crippen LogP contribution in [0, 0.1) is 11.8 Å².